The van der Waals surface area contributed by atoms with Gasteiger partial charge in [0.15, 0.2) is 0 Å². The lowest BCUT2D eigenvalue weighted by Crippen LogP contribution is -2.07. The maximum Gasteiger partial charge on any atom is 0.126 e. The smallest absolute Gasteiger partial charge is 0.126 e. The number of hydrogen-bond donors (Lipinski definition) is 0. The minimum Gasteiger partial charge on any atom is -0.496 e. The van der Waals surface area contributed by atoms with Crippen molar-refractivity contribution in [2.24, 2.45) is 0 Å². The van der Waals surface area contributed by atoms with Gasteiger partial charge in [0, 0.05) is 76.6 Å². The molecule has 6 rings (SSSR count). The van der Waals surface area contributed by atoms with Gasteiger partial charge in [-0.05, 0) is 95.1 Å². The van der Waals surface area contributed by atoms with Crippen LogP contribution in [-0.2, 0) is 6.42 Å². The molecule has 4 aromatic carbocycles. The molecule has 0 spiro atoms. The Kier molecular flexibility index (Phi) is 10.2. The summed E-state index contributed by atoms with van der Waals surface area (Å²) >= 11 is 3.50. The predicted octanol–water partition coefficient (Wildman–Crippen LogP) is 10.2. The Morgan fingerprint density at radius 2 is 0.694 bits per heavy atom. The average Bonchev–Trinajstić information content (AvgIpc) is 3.83. The van der Waals surface area contributed by atoms with Gasteiger partial charge in [0.2, 0.25) is 0 Å². The topological polar surface area (TPSA) is 43.4 Å². The first-order valence-electron chi connectivity index (χ1n) is 16.0. The van der Waals surface area contributed by atoms with Crippen LogP contribution >= 0.6 is 22.7 Å². The zero-order chi connectivity index (χ0) is 34.7. The van der Waals surface area contributed by atoms with Crippen molar-refractivity contribution < 1.29 is 18.9 Å². The van der Waals surface area contributed by atoms with Crippen molar-refractivity contribution in [3.05, 3.63) is 108 Å². The molecule has 6 aromatic rings. The van der Waals surface area contributed by atoms with E-state index >= 15 is 0 Å². The first-order valence-corrected chi connectivity index (χ1v) is 17.6. The van der Waals surface area contributed by atoms with Crippen LogP contribution in [0.5, 0.6) is 23.0 Å². The van der Waals surface area contributed by atoms with Crippen LogP contribution in [0.15, 0.2) is 97.1 Å². The van der Waals surface area contributed by atoms with Crippen LogP contribution in [0.2, 0.25) is 0 Å². The van der Waals surface area contributed by atoms with Gasteiger partial charge in [0.05, 0.1) is 28.4 Å². The van der Waals surface area contributed by atoms with Crippen molar-refractivity contribution in [1.29, 1.82) is 0 Å². The molecule has 0 saturated carbocycles. The summed E-state index contributed by atoms with van der Waals surface area (Å²) in [6.45, 7) is 0. The molecular formula is C41H42N2O4S2. The maximum absolute atomic E-state index is 5.99. The summed E-state index contributed by atoms with van der Waals surface area (Å²) < 4.78 is 24.0. The number of ether oxygens (including phenoxy) is 4. The highest BCUT2D eigenvalue weighted by atomic mass is 32.1. The van der Waals surface area contributed by atoms with E-state index in [0.29, 0.717) is 6.42 Å². The number of hydrogen-bond acceptors (Lipinski definition) is 8. The third-order valence-electron chi connectivity index (χ3n) is 8.69. The highest BCUT2D eigenvalue weighted by Crippen LogP contribution is 2.45. The third-order valence-corrected chi connectivity index (χ3v) is 11.1. The maximum atomic E-state index is 5.99. The second kappa shape index (κ2) is 14.7. The van der Waals surface area contributed by atoms with Gasteiger partial charge in [0.25, 0.3) is 0 Å². The van der Waals surface area contributed by atoms with Crippen LogP contribution in [0.1, 0.15) is 11.1 Å². The van der Waals surface area contributed by atoms with Gasteiger partial charge in [-0.2, -0.15) is 0 Å². The van der Waals surface area contributed by atoms with Gasteiger partial charge in [-0.3, -0.25) is 0 Å². The van der Waals surface area contributed by atoms with Gasteiger partial charge in [-0.25, -0.2) is 0 Å². The van der Waals surface area contributed by atoms with Crippen molar-refractivity contribution in [3.8, 4) is 64.8 Å². The molecule has 2 heterocycles. The first kappa shape index (κ1) is 34.0. The Hall–Kier alpha value is -4.92. The van der Waals surface area contributed by atoms with Crippen LogP contribution in [-0.4, -0.2) is 56.6 Å². The first-order chi connectivity index (χ1) is 23.7. The zero-order valence-electron chi connectivity index (χ0n) is 29.3. The van der Waals surface area contributed by atoms with Crippen LogP contribution in [0, 0.1) is 0 Å². The molecule has 0 fully saturated rings. The Bertz CT molecular complexity index is 1850. The fraction of sp³-hybridized carbons (Fsp3) is 0.220. The highest BCUT2D eigenvalue weighted by Gasteiger charge is 2.21. The highest BCUT2D eigenvalue weighted by molar-refractivity contribution is 7.19. The molecule has 0 radical (unpaired) electrons. The fourth-order valence-corrected chi connectivity index (χ4v) is 7.92. The molecule has 0 atom stereocenters. The van der Waals surface area contributed by atoms with E-state index in [1.165, 1.54) is 32.3 Å². The summed E-state index contributed by atoms with van der Waals surface area (Å²) in [5.74, 6) is 2.99. The second-order valence-electron chi connectivity index (χ2n) is 12.1. The molecule has 8 heteroatoms. The van der Waals surface area contributed by atoms with Crippen molar-refractivity contribution in [2.75, 3.05) is 66.4 Å². The molecule has 0 aliphatic rings. The van der Waals surface area contributed by atoms with E-state index in [9.17, 15) is 0 Å². The largest absolute Gasteiger partial charge is 0.496 e. The van der Waals surface area contributed by atoms with E-state index in [1.54, 1.807) is 51.1 Å². The predicted molar refractivity (Wildman–Crippen MR) is 208 cm³/mol. The summed E-state index contributed by atoms with van der Waals surface area (Å²) in [5, 5.41) is 0. The summed E-state index contributed by atoms with van der Waals surface area (Å²) in [7, 11) is 15.0. The zero-order valence-corrected chi connectivity index (χ0v) is 30.9. The van der Waals surface area contributed by atoms with Crippen molar-refractivity contribution >= 4 is 34.0 Å². The van der Waals surface area contributed by atoms with Gasteiger partial charge < -0.3 is 28.7 Å². The Morgan fingerprint density at radius 3 is 0.959 bits per heavy atom. The SMILES string of the molecule is COc1cc(-c2ccc(-c3ccc(N(C)C)cc3)s2)cc(OC)c1Cc1c(OC)cc(-c2ccc(-c3ccc(N(C)C)cc3)s2)cc1OC. The molecule has 0 N–H and O–H groups in total. The van der Waals surface area contributed by atoms with Crippen molar-refractivity contribution in [1.82, 2.24) is 0 Å². The van der Waals surface area contributed by atoms with E-state index < -0.39 is 0 Å². The van der Waals surface area contributed by atoms with E-state index in [-0.39, 0.29) is 0 Å². The normalized spacial score (nSPS) is 10.9. The molecule has 49 heavy (non-hydrogen) atoms. The Morgan fingerprint density at radius 1 is 0.408 bits per heavy atom. The van der Waals surface area contributed by atoms with Gasteiger partial charge in [0.1, 0.15) is 23.0 Å². The second-order valence-corrected chi connectivity index (χ2v) is 14.3. The number of anilines is 2. The average molecular weight is 691 g/mol. The summed E-state index contributed by atoms with van der Waals surface area (Å²) in [4.78, 5) is 8.90. The third kappa shape index (κ3) is 7.12. The molecule has 0 aliphatic heterocycles. The van der Waals surface area contributed by atoms with Crippen LogP contribution in [0.3, 0.4) is 0 Å². The van der Waals surface area contributed by atoms with Crippen molar-refractivity contribution in [2.45, 2.75) is 6.42 Å². The molecule has 0 amide bonds. The Balaban J connectivity index is 1.31. The molecule has 2 aromatic heterocycles. The van der Waals surface area contributed by atoms with Crippen LogP contribution in [0.25, 0.3) is 41.8 Å². The number of nitrogens with zero attached hydrogens (tertiary/aromatic N) is 2. The minimum absolute atomic E-state index is 0.501. The Labute approximate surface area is 297 Å². The minimum atomic E-state index is 0.501. The number of rotatable bonds is 12. The number of benzene rings is 4. The molecule has 6 nitrogen and oxygen atoms in total. The van der Waals surface area contributed by atoms with Crippen LogP contribution < -0.4 is 28.7 Å². The molecular weight excluding hydrogens is 649 g/mol. The van der Waals surface area contributed by atoms with E-state index in [2.05, 4.69) is 135 Å². The van der Waals surface area contributed by atoms with Crippen molar-refractivity contribution in [3.63, 3.8) is 0 Å². The summed E-state index contributed by atoms with van der Waals surface area (Å²) in [5.41, 5.74) is 8.67. The lowest BCUT2D eigenvalue weighted by molar-refractivity contribution is 0.378. The summed E-state index contributed by atoms with van der Waals surface area (Å²) in [6, 6.07) is 34.3. The molecule has 0 saturated heterocycles. The molecule has 0 aliphatic carbocycles. The van der Waals surface area contributed by atoms with Gasteiger partial charge in [-0.15, -0.1) is 22.7 Å². The monoisotopic (exact) mass is 690 g/mol. The van der Waals surface area contributed by atoms with Gasteiger partial charge >= 0.3 is 0 Å². The van der Waals surface area contributed by atoms with E-state index in [0.717, 1.165) is 55.0 Å². The van der Waals surface area contributed by atoms with E-state index in [1.807, 2.05) is 0 Å². The number of methoxy groups -OCH3 is 4. The van der Waals surface area contributed by atoms with E-state index in [4.69, 9.17) is 18.9 Å². The number of thiophene rings is 2. The fourth-order valence-electron chi connectivity index (χ4n) is 5.92. The standard InChI is InChI=1S/C41H42N2O4S2/c1-42(2)30-13-9-26(10-14-30)38-17-19-40(48-38)28-21-34(44-5)32(35(22-28)45-6)25-33-36(46-7)23-29(24-37(33)47-8)41-20-18-39(49-41)27-11-15-31(16-12-27)43(3)4/h9-24H,25H2,1-8H3. The van der Waals surface area contributed by atoms with Crippen LogP contribution in [0.4, 0.5) is 11.4 Å². The van der Waals surface area contributed by atoms with Gasteiger partial charge in [-0.1, -0.05) is 24.3 Å². The quantitative estimate of drug-likeness (QED) is 0.127. The lowest BCUT2D eigenvalue weighted by atomic mass is 9.97. The molecule has 0 unspecified atom stereocenters. The summed E-state index contributed by atoms with van der Waals surface area (Å²) in [6.07, 6.45) is 0.501. The lowest BCUT2D eigenvalue weighted by Gasteiger charge is -2.19. The molecule has 252 valence electrons. The molecule has 0 bridgehead atoms.